The van der Waals surface area contributed by atoms with Gasteiger partial charge in [0.25, 0.3) is 0 Å². The van der Waals surface area contributed by atoms with Gasteiger partial charge in [-0.15, -0.1) is 0 Å². The van der Waals surface area contributed by atoms with Gasteiger partial charge in [0, 0.05) is 47.1 Å². The van der Waals surface area contributed by atoms with E-state index in [1.807, 2.05) is 61.6 Å². The molecule has 0 unspecified atom stereocenters. The molecule has 2 aromatic rings. The summed E-state index contributed by atoms with van der Waals surface area (Å²) in [6, 6.07) is 8.66. The third-order valence-corrected chi connectivity index (χ3v) is 9.90. The van der Waals surface area contributed by atoms with Crippen LogP contribution in [0.4, 0.5) is 14.5 Å². The summed E-state index contributed by atoms with van der Waals surface area (Å²) in [5.41, 5.74) is 10.6. The van der Waals surface area contributed by atoms with Crippen molar-refractivity contribution in [3.8, 4) is 5.75 Å². The number of nitrogens with one attached hydrogen (secondary N) is 2. The number of benzene rings is 2. The number of hydrogen-bond acceptors (Lipinski definition) is 5. The molecule has 1 saturated carbocycles. The average molecular weight is 710 g/mol. The summed E-state index contributed by atoms with van der Waals surface area (Å²) < 4.78 is 36.9. The number of ether oxygens (including phenoxy) is 1. The fourth-order valence-electron chi connectivity index (χ4n) is 6.93. The summed E-state index contributed by atoms with van der Waals surface area (Å²) in [5, 5.41) is 12.1. The van der Waals surface area contributed by atoms with Gasteiger partial charge in [-0.25, -0.2) is 4.39 Å². The van der Waals surface area contributed by atoms with Crippen molar-refractivity contribution in [2.24, 2.45) is 10.9 Å². The number of fused-ring (bicyclic) bond motifs is 1. The van der Waals surface area contributed by atoms with Crippen LogP contribution in [0.15, 0.2) is 143 Å². The Labute approximate surface area is 311 Å². The Kier molecular flexibility index (Phi) is 12.1. The summed E-state index contributed by atoms with van der Waals surface area (Å²) in [4.78, 5) is 18.1. The van der Waals surface area contributed by atoms with Crippen molar-refractivity contribution in [1.82, 2.24) is 0 Å². The summed E-state index contributed by atoms with van der Waals surface area (Å²) in [6.07, 6.45) is 25.8. The summed E-state index contributed by atoms with van der Waals surface area (Å²) in [6.45, 7) is 10.1. The van der Waals surface area contributed by atoms with E-state index in [0.717, 1.165) is 48.2 Å². The second-order valence-corrected chi connectivity index (χ2v) is 13.8. The minimum atomic E-state index is -1.10. The van der Waals surface area contributed by atoms with Gasteiger partial charge in [-0.3, -0.25) is 9.79 Å². The molecule has 1 heterocycles. The van der Waals surface area contributed by atoms with E-state index in [2.05, 4.69) is 24.2 Å². The third-order valence-electron chi connectivity index (χ3n) is 9.90. The summed E-state index contributed by atoms with van der Waals surface area (Å²) >= 11 is 0. The highest BCUT2D eigenvalue weighted by Gasteiger charge is 2.25. The number of anilines is 1. The lowest BCUT2D eigenvalue weighted by Crippen LogP contribution is -2.18. The van der Waals surface area contributed by atoms with Crippen LogP contribution in [0.3, 0.4) is 0 Å². The molecule has 0 bridgehead atoms. The maximum Gasteiger partial charge on any atom is 0.201 e. The largest absolute Gasteiger partial charge is 0.445 e. The molecule has 0 spiro atoms. The van der Waals surface area contributed by atoms with Crippen molar-refractivity contribution in [2.75, 3.05) is 5.32 Å². The van der Waals surface area contributed by atoms with Gasteiger partial charge >= 0.3 is 0 Å². The molecule has 4 aliphatic rings. The first-order chi connectivity index (χ1) is 25.7. The zero-order valence-corrected chi connectivity index (χ0v) is 30.2. The lowest BCUT2D eigenvalue weighted by molar-refractivity contribution is 0.0999. The van der Waals surface area contributed by atoms with Gasteiger partial charge in [-0.05, 0) is 110 Å². The predicted octanol–water partition coefficient (Wildman–Crippen LogP) is 11.8. The van der Waals surface area contributed by atoms with Crippen molar-refractivity contribution in [2.45, 2.75) is 71.1 Å². The van der Waals surface area contributed by atoms with E-state index in [9.17, 15) is 4.79 Å². The lowest BCUT2D eigenvalue weighted by Gasteiger charge is -2.23. The van der Waals surface area contributed by atoms with Gasteiger partial charge in [0.2, 0.25) is 5.82 Å². The van der Waals surface area contributed by atoms with Crippen LogP contribution >= 0.6 is 0 Å². The zero-order valence-electron chi connectivity index (χ0n) is 30.2. The van der Waals surface area contributed by atoms with Crippen LogP contribution in [-0.4, -0.2) is 17.2 Å². The first kappa shape index (κ1) is 37.1. The molecule has 0 aromatic heterocycles. The number of halogens is 2. The molecule has 7 heteroatoms. The van der Waals surface area contributed by atoms with Crippen LogP contribution in [0.5, 0.6) is 5.75 Å². The highest BCUT2D eigenvalue weighted by atomic mass is 19.2. The molecular weight excluding hydrogens is 665 g/mol. The fourth-order valence-corrected chi connectivity index (χ4v) is 6.93. The smallest absolute Gasteiger partial charge is 0.201 e. The van der Waals surface area contributed by atoms with E-state index in [1.165, 1.54) is 17.7 Å². The zero-order chi connectivity index (χ0) is 37.3. The van der Waals surface area contributed by atoms with Crippen LogP contribution in [0.2, 0.25) is 0 Å². The number of rotatable bonds is 11. The van der Waals surface area contributed by atoms with Crippen molar-refractivity contribution >= 4 is 28.5 Å². The Bertz CT molecular complexity index is 2120. The van der Waals surface area contributed by atoms with E-state index < -0.39 is 11.6 Å². The van der Waals surface area contributed by atoms with Crippen molar-refractivity contribution < 1.29 is 18.3 Å². The molecular formula is C46H45F2N3O2. The van der Waals surface area contributed by atoms with Crippen molar-refractivity contribution in [3.05, 3.63) is 167 Å². The van der Waals surface area contributed by atoms with Crippen LogP contribution in [0, 0.1) is 23.0 Å². The number of aryl methyl sites for hydroxylation is 1. The van der Waals surface area contributed by atoms with E-state index in [4.69, 9.17) is 15.1 Å². The first-order valence-electron chi connectivity index (χ1n) is 18.3. The molecule has 0 radical (unpaired) electrons. The fraction of sp³-hybridized carbons (Fsp3) is 0.261. The Hall–Kier alpha value is -5.65. The standard InChI is InChI=1S/C46H45F2N3O2/c1-4-33-27-37(21-22-38(33)41(52)28-36(49)25-32-19-17-30(2)18-20-32)51-40-15-11-8-10-14-34-26-35(29-50-46(34)40)39-23-24-43(45(48)44(39)47)53-42-16-12-7-5-6-9-13-31(42)3/h5-6,8-10,12-15,21-24,27,29,32,49,51H,2-4,7,11,17-20,25-26,28H2,1H3/b6-5-,10-8-,13-9-,34-14?,40-15-,49-36?. The minimum absolute atomic E-state index is 0.0268. The first-order valence-corrected chi connectivity index (χ1v) is 18.3. The SMILES string of the molecule is C=C1CCC(CC(=N)CC(=O)c2ccc(N/C3=C\C/C=C\C=C4CC(c5ccc(OC6=C=CC/C=C\C=C/C6=C)c(F)c5F)=CN=C43)cc2CC)CC1. The molecule has 2 aromatic carbocycles. The molecule has 5 nitrogen and oxygen atoms in total. The molecule has 3 aliphatic carbocycles. The third kappa shape index (κ3) is 9.24. The Morgan fingerprint density at radius 1 is 1.04 bits per heavy atom. The normalized spacial score (nSPS) is 20.3. The van der Waals surface area contributed by atoms with Crippen molar-refractivity contribution in [1.29, 1.82) is 5.41 Å². The van der Waals surface area contributed by atoms with Gasteiger partial charge < -0.3 is 15.5 Å². The molecule has 0 amide bonds. The number of nitrogens with zero attached hydrogens (tertiary/aromatic N) is 1. The van der Waals surface area contributed by atoms with Gasteiger partial charge in [0.1, 0.15) is 0 Å². The average Bonchev–Trinajstić information content (AvgIpc) is 3.24. The van der Waals surface area contributed by atoms with Gasteiger partial charge in [-0.2, -0.15) is 4.39 Å². The quantitative estimate of drug-likeness (QED) is 0.106. The number of carbonyl (C=O) groups excluding carboxylic acids is 1. The number of ketones is 1. The van der Waals surface area contributed by atoms with Crippen molar-refractivity contribution in [3.63, 3.8) is 0 Å². The van der Waals surface area contributed by atoms with E-state index in [1.54, 1.807) is 24.4 Å². The molecule has 53 heavy (non-hydrogen) atoms. The molecule has 0 atom stereocenters. The van der Waals surface area contributed by atoms with Crippen LogP contribution in [0.25, 0.3) is 5.57 Å². The van der Waals surface area contributed by atoms with E-state index >= 15 is 8.78 Å². The maximum atomic E-state index is 15.7. The monoisotopic (exact) mass is 709 g/mol. The van der Waals surface area contributed by atoms with E-state index in [0.29, 0.717) is 66.2 Å². The molecule has 6 rings (SSSR count). The Morgan fingerprint density at radius 3 is 2.66 bits per heavy atom. The highest BCUT2D eigenvalue weighted by Crippen LogP contribution is 2.36. The topological polar surface area (TPSA) is 74.5 Å². The Balaban J connectivity index is 1.18. The molecule has 2 N–H and O–H groups in total. The number of allylic oxidation sites excluding steroid dienone is 11. The second kappa shape index (κ2) is 17.2. The summed E-state index contributed by atoms with van der Waals surface area (Å²) in [7, 11) is 0. The van der Waals surface area contributed by atoms with Gasteiger partial charge in [-0.1, -0.05) is 80.0 Å². The minimum Gasteiger partial charge on any atom is -0.445 e. The van der Waals surface area contributed by atoms with E-state index in [-0.39, 0.29) is 29.3 Å². The number of Topliss-reactive ketones (excluding diaryl/α,β-unsaturated/α-hetero) is 1. The number of carbonyl (C=O) groups is 1. The number of hydrogen-bond donors (Lipinski definition) is 2. The summed E-state index contributed by atoms with van der Waals surface area (Å²) in [5.74, 6) is -1.73. The van der Waals surface area contributed by atoms with Gasteiger partial charge in [0.15, 0.2) is 23.1 Å². The Morgan fingerprint density at radius 2 is 1.85 bits per heavy atom. The number of aliphatic imine (C=N–C) groups is 1. The molecule has 1 aliphatic heterocycles. The lowest BCUT2D eigenvalue weighted by atomic mass is 9.82. The second-order valence-electron chi connectivity index (χ2n) is 13.8. The van der Waals surface area contributed by atoms with Gasteiger partial charge in [0.05, 0.1) is 11.4 Å². The highest BCUT2D eigenvalue weighted by molar-refractivity contribution is 6.16. The molecule has 270 valence electrons. The predicted molar refractivity (Wildman–Crippen MR) is 212 cm³/mol. The maximum absolute atomic E-state index is 15.7. The van der Waals surface area contributed by atoms with Crippen LogP contribution in [0.1, 0.15) is 86.2 Å². The van der Waals surface area contributed by atoms with Crippen LogP contribution in [-0.2, 0) is 6.42 Å². The van der Waals surface area contributed by atoms with Crippen LogP contribution < -0.4 is 10.1 Å². The molecule has 1 fully saturated rings. The molecule has 0 saturated heterocycles.